The van der Waals surface area contributed by atoms with Crippen LogP contribution < -0.4 is 10.5 Å². The number of halogens is 2. The summed E-state index contributed by atoms with van der Waals surface area (Å²) in [6, 6.07) is 4.62. The second-order valence-electron chi connectivity index (χ2n) is 7.77. The number of nitrogens with two attached hydrogens (primary N) is 1. The Morgan fingerprint density at radius 3 is 2.91 bits per heavy atom. The zero-order chi connectivity index (χ0) is 23.6. The van der Waals surface area contributed by atoms with Crippen LogP contribution in [0.25, 0.3) is 0 Å². The van der Waals surface area contributed by atoms with E-state index in [2.05, 4.69) is 35.4 Å². The molecule has 3 atom stereocenters. The van der Waals surface area contributed by atoms with E-state index in [1.807, 2.05) is 6.07 Å². The van der Waals surface area contributed by atoms with Crippen molar-refractivity contribution < 1.29 is 26.2 Å². The van der Waals surface area contributed by atoms with Crippen molar-refractivity contribution in [3.05, 3.63) is 64.7 Å². The van der Waals surface area contributed by atoms with Crippen LogP contribution >= 0.6 is 15.9 Å². The minimum Gasteiger partial charge on any atom is -0.452 e. The molecule has 0 radical (unpaired) electrons. The highest BCUT2D eigenvalue weighted by Crippen LogP contribution is 2.32. The number of alkyl halides is 1. The third kappa shape index (κ3) is 6.05. The molecule has 0 aliphatic heterocycles. The first-order valence-electron chi connectivity index (χ1n) is 10.0. The van der Waals surface area contributed by atoms with Gasteiger partial charge in [0.25, 0.3) is 0 Å². The number of ketones is 1. The highest BCUT2D eigenvalue weighted by Gasteiger charge is 2.36. The second kappa shape index (κ2) is 9.71. The molecule has 3 aromatic rings. The minimum absolute atomic E-state index is 0.104. The topological polar surface area (TPSA) is 142 Å². The number of carbonyl (C=O) groups is 1. The third-order valence-electron chi connectivity index (χ3n) is 5.31. The standard InChI is InChI=1S/C20H21BrFN5O5S/c21-18-2-1-14(32-18)9-27-4-3-13(8-27)19(28)15-7-24-11-25-20(15)26-17-6-12(5-16(17)22)10-31-33(23,29)30/h1-4,7-8,11-12,16-17H,5-6,9-10H2,(H2,23,29,30)(H,24,25,26)/t12-,16+,17-/m1/s1. The number of aromatic nitrogens is 3. The van der Waals surface area contributed by atoms with Crippen LogP contribution in [0, 0.1) is 5.92 Å². The number of nitrogens with zero attached hydrogens (tertiary/aromatic N) is 3. The summed E-state index contributed by atoms with van der Waals surface area (Å²) < 4.78 is 49.0. The average Bonchev–Trinajstić information content (AvgIpc) is 3.47. The van der Waals surface area contributed by atoms with E-state index in [-0.39, 0.29) is 36.1 Å². The maximum Gasteiger partial charge on any atom is 0.333 e. The number of rotatable bonds is 9. The Morgan fingerprint density at radius 2 is 2.18 bits per heavy atom. The fourth-order valence-corrected chi connectivity index (χ4v) is 4.52. The van der Waals surface area contributed by atoms with E-state index in [1.54, 1.807) is 29.1 Å². The van der Waals surface area contributed by atoms with Gasteiger partial charge in [-0.05, 0) is 52.9 Å². The second-order valence-corrected chi connectivity index (χ2v) is 9.78. The SMILES string of the molecule is NS(=O)(=O)OC[C@@H]1C[C@H](F)[C@H](Nc2ncncc2C(=O)c2ccn(Cc3ccc(Br)o3)c2)C1. The quantitative estimate of drug-likeness (QED) is 0.393. The lowest BCUT2D eigenvalue weighted by Crippen LogP contribution is -2.27. The fourth-order valence-electron chi connectivity index (χ4n) is 3.79. The highest BCUT2D eigenvalue weighted by molar-refractivity contribution is 9.10. The molecule has 0 aromatic carbocycles. The molecular weight excluding hydrogens is 521 g/mol. The van der Waals surface area contributed by atoms with Gasteiger partial charge in [0.1, 0.15) is 24.1 Å². The lowest BCUT2D eigenvalue weighted by molar-refractivity contribution is 0.103. The van der Waals surface area contributed by atoms with Crippen LogP contribution in [-0.4, -0.2) is 47.6 Å². The first-order valence-corrected chi connectivity index (χ1v) is 12.3. The average molecular weight is 542 g/mol. The van der Waals surface area contributed by atoms with E-state index in [0.29, 0.717) is 23.2 Å². The summed E-state index contributed by atoms with van der Waals surface area (Å²) >= 11 is 3.26. The molecule has 13 heteroatoms. The largest absolute Gasteiger partial charge is 0.452 e. The summed E-state index contributed by atoms with van der Waals surface area (Å²) in [7, 11) is -4.09. The van der Waals surface area contributed by atoms with Gasteiger partial charge in [-0.1, -0.05) is 0 Å². The molecular formula is C20H21BrFN5O5S. The third-order valence-corrected chi connectivity index (χ3v) is 6.20. The Morgan fingerprint density at radius 1 is 1.36 bits per heavy atom. The van der Waals surface area contributed by atoms with Gasteiger partial charge in [0.15, 0.2) is 10.5 Å². The molecule has 0 spiro atoms. The summed E-state index contributed by atoms with van der Waals surface area (Å²) in [5, 5.41) is 7.81. The Hall–Kier alpha value is -2.61. The predicted octanol–water partition coefficient (Wildman–Crippen LogP) is 2.66. The lowest BCUT2D eigenvalue weighted by Gasteiger charge is -2.17. The van der Waals surface area contributed by atoms with Crippen LogP contribution in [0.5, 0.6) is 0 Å². The molecule has 10 nitrogen and oxygen atoms in total. The Labute approximate surface area is 197 Å². The summed E-state index contributed by atoms with van der Waals surface area (Å²) in [5.74, 6) is 0.268. The van der Waals surface area contributed by atoms with Crippen molar-refractivity contribution in [3.8, 4) is 0 Å². The molecule has 3 N–H and O–H groups in total. The number of hydrogen-bond acceptors (Lipinski definition) is 8. The van der Waals surface area contributed by atoms with Crippen LogP contribution in [0.4, 0.5) is 10.2 Å². The maximum atomic E-state index is 14.6. The van der Waals surface area contributed by atoms with Gasteiger partial charge in [-0.3, -0.25) is 8.98 Å². The Bertz CT molecular complexity index is 1250. The molecule has 176 valence electrons. The van der Waals surface area contributed by atoms with Gasteiger partial charge in [0.2, 0.25) is 0 Å². The fraction of sp³-hybridized carbons (Fsp3) is 0.350. The molecule has 1 aliphatic carbocycles. The van der Waals surface area contributed by atoms with Gasteiger partial charge >= 0.3 is 10.3 Å². The van der Waals surface area contributed by atoms with Crippen molar-refractivity contribution in [2.24, 2.45) is 11.1 Å². The van der Waals surface area contributed by atoms with E-state index in [1.165, 1.54) is 12.5 Å². The van der Waals surface area contributed by atoms with Gasteiger partial charge in [-0.25, -0.2) is 19.5 Å². The summed E-state index contributed by atoms with van der Waals surface area (Å²) in [4.78, 5) is 21.2. The van der Waals surface area contributed by atoms with Crippen molar-refractivity contribution in [3.63, 3.8) is 0 Å². The number of furan rings is 1. The maximum absolute atomic E-state index is 14.6. The van der Waals surface area contributed by atoms with Gasteiger partial charge in [-0.15, -0.1) is 0 Å². The first kappa shape index (κ1) is 23.5. The monoisotopic (exact) mass is 541 g/mol. The van der Waals surface area contributed by atoms with E-state index in [9.17, 15) is 17.6 Å². The molecule has 3 heterocycles. The Balaban J connectivity index is 1.45. The van der Waals surface area contributed by atoms with Crippen molar-refractivity contribution >= 4 is 37.8 Å². The highest BCUT2D eigenvalue weighted by atomic mass is 79.9. The molecule has 1 fully saturated rings. The zero-order valence-corrected chi connectivity index (χ0v) is 19.6. The number of nitrogens with one attached hydrogen (secondary N) is 1. The predicted molar refractivity (Wildman–Crippen MR) is 119 cm³/mol. The van der Waals surface area contributed by atoms with Gasteiger partial charge < -0.3 is 14.3 Å². The van der Waals surface area contributed by atoms with Crippen LogP contribution in [-0.2, 0) is 21.0 Å². The summed E-state index contributed by atoms with van der Waals surface area (Å²) in [6.07, 6.45) is 5.21. The van der Waals surface area contributed by atoms with Crippen LogP contribution in [0.3, 0.4) is 0 Å². The molecule has 3 aromatic heterocycles. The van der Waals surface area contributed by atoms with E-state index in [4.69, 9.17) is 9.56 Å². The van der Waals surface area contributed by atoms with Crippen molar-refractivity contribution in [2.75, 3.05) is 11.9 Å². The van der Waals surface area contributed by atoms with E-state index < -0.39 is 22.5 Å². The number of anilines is 1. The van der Waals surface area contributed by atoms with Gasteiger partial charge in [0.05, 0.1) is 24.8 Å². The zero-order valence-electron chi connectivity index (χ0n) is 17.2. The number of hydrogen-bond donors (Lipinski definition) is 2. The van der Waals surface area contributed by atoms with Crippen molar-refractivity contribution in [2.45, 2.75) is 31.6 Å². The summed E-state index contributed by atoms with van der Waals surface area (Å²) in [6.45, 7) is 0.246. The van der Waals surface area contributed by atoms with Crippen LogP contribution in [0.15, 0.2) is 52.2 Å². The smallest absolute Gasteiger partial charge is 0.333 e. The van der Waals surface area contributed by atoms with Crippen LogP contribution in [0.2, 0.25) is 0 Å². The van der Waals surface area contributed by atoms with Crippen molar-refractivity contribution in [1.29, 1.82) is 0 Å². The molecule has 0 unspecified atom stereocenters. The van der Waals surface area contributed by atoms with Gasteiger partial charge in [-0.2, -0.15) is 8.42 Å². The summed E-state index contributed by atoms with van der Waals surface area (Å²) in [5.41, 5.74) is 0.619. The van der Waals surface area contributed by atoms with Crippen LogP contribution in [0.1, 0.15) is 34.5 Å². The van der Waals surface area contributed by atoms with Gasteiger partial charge in [0, 0.05) is 24.2 Å². The molecule has 33 heavy (non-hydrogen) atoms. The molecule has 1 saturated carbocycles. The van der Waals surface area contributed by atoms with E-state index in [0.717, 1.165) is 5.76 Å². The Kier molecular flexibility index (Phi) is 6.93. The minimum atomic E-state index is -4.09. The molecule has 0 amide bonds. The first-order chi connectivity index (χ1) is 15.7. The number of carbonyl (C=O) groups excluding carboxylic acids is 1. The lowest BCUT2D eigenvalue weighted by atomic mass is 10.1. The molecule has 0 saturated heterocycles. The van der Waals surface area contributed by atoms with E-state index >= 15 is 0 Å². The molecule has 1 aliphatic rings. The molecule has 4 rings (SSSR count). The molecule has 0 bridgehead atoms. The van der Waals surface area contributed by atoms with Crippen molar-refractivity contribution in [1.82, 2.24) is 14.5 Å². The normalized spacial score (nSPS) is 20.8.